The average molecular weight is 226 g/mol. The van der Waals surface area contributed by atoms with Crippen LogP contribution in [0.4, 0.5) is 5.69 Å². The van der Waals surface area contributed by atoms with E-state index in [4.69, 9.17) is 11.6 Å². The molecule has 0 unspecified atom stereocenters. The van der Waals surface area contributed by atoms with Gasteiger partial charge in [0.15, 0.2) is 0 Å². The monoisotopic (exact) mass is 225 g/mol. The third kappa shape index (κ3) is 2.21. The average Bonchev–Trinajstić information content (AvgIpc) is 2.69. The highest BCUT2D eigenvalue weighted by Crippen LogP contribution is 2.20. The fourth-order valence-electron chi connectivity index (χ4n) is 1.02. The molecule has 0 aliphatic heterocycles. The van der Waals surface area contributed by atoms with E-state index in [9.17, 15) is 0 Å². The SMILES string of the molecule is Clc1ccncc1NCc1cncs1. The third-order valence-electron chi connectivity index (χ3n) is 1.70. The summed E-state index contributed by atoms with van der Waals surface area (Å²) in [6.07, 6.45) is 5.21. The van der Waals surface area contributed by atoms with E-state index in [2.05, 4.69) is 15.3 Å². The maximum absolute atomic E-state index is 5.95. The first-order valence-corrected chi connectivity index (χ1v) is 5.33. The molecule has 0 aromatic carbocycles. The Balaban J connectivity index is 2.02. The van der Waals surface area contributed by atoms with E-state index >= 15 is 0 Å². The van der Waals surface area contributed by atoms with Crippen LogP contribution in [0.2, 0.25) is 5.02 Å². The molecule has 0 aliphatic carbocycles. The van der Waals surface area contributed by atoms with Crippen molar-refractivity contribution in [2.24, 2.45) is 0 Å². The van der Waals surface area contributed by atoms with Gasteiger partial charge in [-0.25, -0.2) is 0 Å². The van der Waals surface area contributed by atoms with Crippen LogP contribution in [-0.4, -0.2) is 9.97 Å². The molecule has 0 fully saturated rings. The zero-order chi connectivity index (χ0) is 9.80. The summed E-state index contributed by atoms with van der Waals surface area (Å²) in [5.41, 5.74) is 2.66. The molecule has 3 nitrogen and oxygen atoms in total. The van der Waals surface area contributed by atoms with Crippen molar-refractivity contribution in [1.82, 2.24) is 9.97 Å². The van der Waals surface area contributed by atoms with Gasteiger partial charge in [0, 0.05) is 17.3 Å². The predicted octanol–water partition coefficient (Wildman–Crippen LogP) is 2.80. The Labute approximate surface area is 90.8 Å². The first-order valence-electron chi connectivity index (χ1n) is 4.07. The van der Waals surface area contributed by atoms with E-state index in [0.29, 0.717) is 5.02 Å². The van der Waals surface area contributed by atoms with E-state index in [1.807, 2.05) is 11.7 Å². The van der Waals surface area contributed by atoms with Gasteiger partial charge in [0.2, 0.25) is 0 Å². The first kappa shape index (κ1) is 9.43. The highest BCUT2D eigenvalue weighted by molar-refractivity contribution is 7.09. The van der Waals surface area contributed by atoms with Gasteiger partial charge < -0.3 is 5.32 Å². The topological polar surface area (TPSA) is 37.8 Å². The number of thiazole rings is 1. The molecule has 5 heteroatoms. The number of hydrogen-bond donors (Lipinski definition) is 1. The summed E-state index contributed by atoms with van der Waals surface area (Å²) in [7, 11) is 0. The lowest BCUT2D eigenvalue weighted by Gasteiger charge is -2.04. The molecular formula is C9H8ClN3S. The number of nitrogens with one attached hydrogen (secondary N) is 1. The molecule has 0 bridgehead atoms. The number of nitrogens with zero attached hydrogens (tertiary/aromatic N) is 2. The molecule has 0 aliphatic rings. The van der Waals surface area contributed by atoms with Crippen LogP contribution < -0.4 is 5.32 Å². The molecule has 2 rings (SSSR count). The number of anilines is 1. The van der Waals surface area contributed by atoms with Gasteiger partial charge in [-0.3, -0.25) is 9.97 Å². The van der Waals surface area contributed by atoms with Crippen molar-refractivity contribution in [3.05, 3.63) is 40.1 Å². The number of pyridine rings is 1. The van der Waals surface area contributed by atoms with Gasteiger partial charge in [0.25, 0.3) is 0 Å². The van der Waals surface area contributed by atoms with Crippen LogP contribution in [0.1, 0.15) is 4.88 Å². The fourth-order valence-corrected chi connectivity index (χ4v) is 1.73. The van der Waals surface area contributed by atoms with Crippen LogP contribution in [0.5, 0.6) is 0 Å². The van der Waals surface area contributed by atoms with Gasteiger partial charge in [0.1, 0.15) is 0 Å². The molecule has 0 saturated heterocycles. The number of aromatic nitrogens is 2. The van der Waals surface area contributed by atoms with Crippen LogP contribution in [0, 0.1) is 0 Å². The molecule has 0 amide bonds. The van der Waals surface area contributed by atoms with Gasteiger partial charge in [-0.2, -0.15) is 0 Å². The minimum atomic E-state index is 0.685. The van der Waals surface area contributed by atoms with Crippen LogP contribution in [0.25, 0.3) is 0 Å². The molecule has 2 heterocycles. The fraction of sp³-hybridized carbons (Fsp3) is 0.111. The molecule has 0 spiro atoms. The van der Waals surface area contributed by atoms with Crippen LogP contribution in [-0.2, 0) is 6.54 Å². The van der Waals surface area contributed by atoms with Gasteiger partial charge in [-0.1, -0.05) is 11.6 Å². The molecule has 2 aromatic heterocycles. The minimum absolute atomic E-state index is 0.685. The number of halogens is 1. The number of hydrogen-bond acceptors (Lipinski definition) is 4. The summed E-state index contributed by atoms with van der Waals surface area (Å²) in [5.74, 6) is 0. The van der Waals surface area contributed by atoms with E-state index < -0.39 is 0 Å². The quantitative estimate of drug-likeness (QED) is 0.873. The smallest absolute Gasteiger partial charge is 0.0794 e. The van der Waals surface area contributed by atoms with Crippen molar-refractivity contribution >= 4 is 28.6 Å². The third-order valence-corrected chi connectivity index (χ3v) is 2.81. The zero-order valence-corrected chi connectivity index (χ0v) is 8.85. The van der Waals surface area contributed by atoms with Gasteiger partial charge in [-0.15, -0.1) is 11.3 Å². The molecule has 2 aromatic rings. The van der Waals surface area contributed by atoms with Gasteiger partial charge >= 0.3 is 0 Å². The van der Waals surface area contributed by atoms with Crippen molar-refractivity contribution in [2.45, 2.75) is 6.54 Å². The van der Waals surface area contributed by atoms with Crippen molar-refractivity contribution in [3.63, 3.8) is 0 Å². The molecular weight excluding hydrogens is 218 g/mol. The van der Waals surface area contributed by atoms with Crippen molar-refractivity contribution < 1.29 is 0 Å². The zero-order valence-electron chi connectivity index (χ0n) is 7.27. The Hall–Kier alpha value is -1.13. The van der Waals surface area contributed by atoms with E-state index in [0.717, 1.165) is 12.2 Å². The van der Waals surface area contributed by atoms with Gasteiger partial charge in [0.05, 0.1) is 29.0 Å². The van der Waals surface area contributed by atoms with E-state index in [1.54, 1.807) is 29.8 Å². The summed E-state index contributed by atoms with van der Waals surface area (Å²) in [4.78, 5) is 9.14. The summed E-state index contributed by atoms with van der Waals surface area (Å²) in [5, 5.41) is 3.88. The van der Waals surface area contributed by atoms with Crippen molar-refractivity contribution in [1.29, 1.82) is 0 Å². The van der Waals surface area contributed by atoms with E-state index in [1.165, 1.54) is 4.88 Å². The highest BCUT2D eigenvalue weighted by atomic mass is 35.5. The Kier molecular flexibility index (Phi) is 2.96. The number of rotatable bonds is 3. The second-order valence-electron chi connectivity index (χ2n) is 2.68. The molecule has 0 atom stereocenters. The standard InChI is InChI=1S/C9H8ClN3S/c10-8-1-2-11-5-9(8)13-4-7-3-12-6-14-7/h1-3,5-6,13H,4H2. The lowest BCUT2D eigenvalue weighted by Crippen LogP contribution is -1.98. The maximum Gasteiger partial charge on any atom is 0.0794 e. The van der Waals surface area contributed by atoms with Gasteiger partial charge in [-0.05, 0) is 6.07 Å². The largest absolute Gasteiger partial charge is 0.378 e. The van der Waals surface area contributed by atoms with Crippen LogP contribution in [0.3, 0.4) is 0 Å². The first-order chi connectivity index (χ1) is 6.86. The summed E-state index contributed by atoms with van der Waals surface area (Å²) in [6, 6.07) is 1.76. The highest BCUT2D eigenvalue weighted by Gasteiger charge is 1.99. The molecule has 1 N–H and O–H groups in total. The lowest BCUT2D eigenvalue weighted by molar-refractivity contribution is 1.16. The Morgan fingerprint density at radius 3 is 3.00 bits per heavy atom. The maximum atomic E-state index is 5.95. The van der Waals surface area contributed by atoms with Crippen LogP contribution >= 0.6 is 22.9 Å². The second-order valence-corrected chi connectivity index (χ2v) is 4.05. The minimum Gasteiger partial charge on any atom is -0.378 e. The molecule has 72 valence electrons. The van der Waals surface area contributed by atoms with Crippen LogP contribution in [0.15, 0.2) is 30.2 Å². The summed E-state index contributed by atoms with van der Waals surface area (Å²) in [6.45, 7) is 0.732. The summed E-state index contributed by atoms with van der Waals surface area (Å²) < 4.78 is 0. The normalized spacial score (nSPS) is 10.1. The van der Waals surface area contributed by atoms with Crippen molar-refractivity contribution in [3.8, 4) is 0 Å². The van der Waals surface area contributed by atoms with Crippen molar-refractivity contribution in [2.75, 3.05) is 5.32 Å². The summed E-state index contributed by atoms with van der Waals surface area (Å²) >= 11 is 7.56. The molecule has 0 radical (unpaired) electrons. The predicted molar refractivity (Wildman–Crippen MR) is 58.7 cm³/mol. The molecule has 0 saturated carbocycles. The Morgan fingerprint density at radius 2 is 2.29 bits per heavy atom. The molecule has 14 heavy (non-hydrogen) atoms. The Bertz CT molecular complexity index is 402. The van der Waals surface area contributed by atoms with E-state index in [-0.39, 0.29) is 0 Å². The Morgan fingerprint density at radius 1 is 1.36 bits per heavy atom. The lowest BCUT2D eigenvalue weighted by atomic mass is 10.4. The second kappa shape index (κ2) is 4.39.